The van der Waals surface area contributed by atoms with Crippen molar-refractivity contribution < 1.29 is 18.0 Å². The molecule has 3 rings (SSSR count). The molecular weight excluding hydrogens is 347 g/mol. The van der Waals surface area contributed by atoms with Gasteiger partial charge in [-0.2, -0.15) is 18.3 Å². The molecule has 26 heavy (non-hydrogen) atoms. The van der Waals surface area contributed by atoms with Crippen LogP contribution in [-0.2, 0) is 6.18 Å². The molecule has 0 N–H and O–H groups in total. The third-order valence-electron chi connectivity index (χ3n) is 3.55. The number of pyridine rings is 2. The van der Waals surface area contributed by atoms with Crippen LogP contribution in [0.4, 0.5) is 13.2 Å². The fourth-order valence-corrected chi connectivity index (χ4v) is 2.31. The molecule has 0 saturated heterocycles. The highest BCUT2D eigenvalue weighted by atomic mass is 19.4. The number of carbonyl (C=O) groups excluding carboxylic acids is 1. The largest absolute Gasteiger partial charge is 0.433 e. The number of amides is 1. The molecule has 0 spiro atoms. The summed E-state index contributed by atoms with van der Waals surface area (Å²) in [6.45, 7) is 0. The Balaban J connectivity index is 2.12. The average molecular weight is 361 g/mol. The van der Waals surface area contributed by atoms with Crippen LogP contribution in [0.2, 0.25) is 0 Å². The molecule has 0 atom stereocenters. The molecule has 0 aliphatic carbocycles. The zero-order valence-electron chi connectivity index (χ0n) is 13.9. The Morgan fingerprint density at radius 2 is 1.85 bits per heavy atom. The molecule has 3 aromatic heterocycles. The summed E-state index contributed by atoms with van der Waals surface area (Å²) in [6, 6.07) is 8.44. The van der Waals surface area contributed by atoms with E-state index in [1.165, 1.54) is 35.5 Å². The zero-order valence-corrected chi connectivity index (χ0v) is 13.9. The van der Waals surface area contributed by atoms with Crippen molar-refractivity contribution in [3.8, 4) is 17.1 Å². The van der Waals surface area contributed by atoms with Gasteiger partial charge in [-0.05, 0) is 30.3 Å². The van der Waals surface area contributed by atoms with Crippen molar-refractivity contribution in [2.45, 2.75) is 6.18 Å². The van der Waals surface area contributed by atoms with Gasteiger partial charge in [0.15, 0.2) is 11.5 Å². The predicted octanol–water partition coefficient (Wildman–Crippen LogP) is 3.05. The minimum absolute atomic E-state index is 0.0460. The van der Waals surface area contributed by atoms with Gasteiger partial charge in [-0.3, -0.25) is 9.78 Å². The van der Waals surface area contributed by atoms with Crippen molar-refractivity contribution >= 4 is 5.91 Å². The second-order valence-corrected chi connectivity index (χ2v) is 5.64. The molecular formula is C17H14F3N5O. The lowest BCUT2D eigenvalue weighted by atomic mass is 10.1. The van der Waals surface area contributed by atoms with Gasteiger partial charge >= 0.3 is 6.18 Å². The number of rotatable bonds is 3. The zero-order chi connectivity index (χ0) is 18.9. The van der Waals surface area contributed by atoms with Gasteiger partial charge in [-0.15, -0.1) is 0 Å². The molecule has 3 heterocycles. The van der Waals surface area contributed by atoms with Crippen LogP contribution < -0.4 is 0 Å². The number of alkyl halides is 3. The van der Waals surface area contributed by atoms with Gasteiger partial charge in [0.2, 0.25) is 0 Å². The monoisotopic (exact) mass is 361 g/mol. The molecule has 0 unspecified atom stereocenters. The van der Waals surface area contributed by atoms with E-state index in [-0.39, 0.29) is 23.1 Å². The molecule has 0 fully saturated rings. The second kappa shape index (κ2) is 6.58. The summed E-state index contributed by atoms with van der Waals surface area (Å²) in [4.78, 5) is 21.3. The van der Waals surface area contributed by atoms with E-state index in [9.17, 15) is 18.0 Å². The van der Waals surface area contributed by atoms with Crippen LogP contribution in [0, 0.1) is 0 Å². The van der Waals surface area contributed by atoms with Gasteiger partial charge in [0.05, 0.1) is 5.69 Å². The SMILES string of the molecule is CN(C)C(=O)c1cc(-c2cc(C(F)(F)F)n(-c3ccccn3)n2)ccn1. The maximum Gasteiger partial charge on any atom is 0.433 e. The Labute approximate surface area is 146 Å². The Hall–Kier alpha value is -3.23. The van der Waals surface area contributed by atoms with Crippen molar-refractivity contribution in [1.29, 1.82) is 0 Å². The van der Waals surface area contributed by atoms with Gasteiger partial charge in [-0.1, -0.05) is 6.07 Å². The average Bonchev–Trinajstić information content (AvgIpc) is 3.08. The summed E-state index contributed by atoms with van der Waals surface area (Å²) in [6.07, 6.45) is -1.87. The van der Waals surface area contributed by atoms with E-state index < -0.39 is 11.9 Å². The summed E-state index contributed by atoms with van der Waals surface area (Å²) in [7, 11) is 3.13. The molecule has 0 bridgehead atoms. The summed E-state index contributed by atoms with van der Waals surface area (Å²) in [5.41, 5.74) is -0.416. The quantitative estimate of drug-likeness (QED) is 0.719. The maximum atomic E-state index is 13.4. The molecule has 3 aromatic rings. The Morgan fingerprint density at radius 1 is 1.08 bits per heavy atom. The number of nitrogens with zero attached hydrogens (tertiary/aromatic N) is 5. The number of aromatic nitrogens is 4. The highest BCUT2D eigenvalue weighted by Gasteiger charge is 2.36. The van der Waals surface area contributed by atoms with Crippen molar-refractivity contribution in [2.75, 3.05) is 14.1 Å². The lowest BCUT2D eigenvalue weighted by molar-refractivity contribution is -0.142. The minimum Gasteiger partial charge on any atom is -0.343 e. The van der Waals surface area contributed by atoms with E-state index in [0.717, 1.165) is 10.7 Å². The Bertz CT molecular complexity index is 935. The second-order valence-electron chi connectivity index (χ2n) is 5.64. The smallest absolute Gasteiger partial charge is 0.343 e. The van der Waals surface area contributed by atoms with E-state index in [0.29, 0.717) is 5.56 Å². The molecule has 0 aliphatic rings. The van der Waals surface area contributed by atoms with Gasteiger partial charge in [0.1, 0.15) is 5.69 Å². The third-order valence-corrected chi connectivity index (χ3v) is 3.55. The van der Waals surface area contributed by atoms with E-state index in [4.69, 9.17) is 0 Å². The maximum absolute atomic E-state index is 13.4. The molecule has 0 aromatic carbocycles. The third kappa shape index (κ3) is 3.41. The first kappa shape index (κ1) is 17.6. The van der Waals surface area contributed by atoms with E-state index in [2.05, 4.69) is 15.1 Å². The molecule has 1 amide bonds. The van der Waals surface area contributed by atoms with Crippen molar-refractivity contribution in [2.24, 2.45) is 0 Å². The first-order chi connectivity index (χ1) is 12.3. The van der Waals surface area contributed by atoms with Crippen molar-refractivity contribution in [3.63, 3.8) is 0 Å². The standard InChI is InChI=1S/C17H14F3N5O/c1-24(2)16(26)13-9-11(6-8-21-13)12-10-14(17(18,19)20)25(23-12)15-5-3-4-7-22-15/h3-10H,1-2H3. The summed E-state index contributed by atoms with van der Waals surface area (Å²) in [5.74, 6) is -0.309. The lowest BCUT2D eigenvalue weighted by Crippen LogP contribution is -2.22. The van der Waals surface area contributed by atoms with Crippen molar-refractivity contribution in [1.82, 2.24) is 24.6 Å². The molecule has 0 aliphatic heterocycles. The normalized spacial score (nSPS) is 11.4. The minimum atomic E-state index is -4.61. The van der Waals surface area contributed by atoms with E-state index >= 15 is 0 Å². The van der Waals surface area contributed by atoms with Gasteiger partial charge in [-0.25, -0.2) is 9.67 Å². The first-order valence-corrected chi connectivity index (χ1v) is 7.54. The van der Waals surface area contributed by atoms with Crippen LogP contribution >= 0.6 is 0 Å². The first-order valence-electron chi connectivity index (χ1n) is 7.54. The predicted molar refractivity (Wildman–Crippen MR) is 87.6 cm³/mol. The van der Waals surface area contributed by atoms with Crippen LogP contribution in [0.3, 0.4) is 0 Å². The van der Waals surface area contributed by atoms with Gasteiger partial charge in [0.25, 0.3) is 5.91 Å². The lowest BCUT2D eigenvalue weighted by Gasteiger charge is -2.09. The number of halogens is 3. The molecule has 6 nitrogen and oxygen atoms in total. The van der Waals surface area contributed by atoms with Crippen LogP contribution in [-0.4, -0.2) is 44.7 Å². The number of carbonyl (C=O) groups is 1. The fraction of sp³-hybridized carbons (Fsp3) is 0.176. The molecule has 0 radical (unpaired) electrons. The highest BCUT2D eigenvalue weighted by molar-refractivity contribution is 5.93. The van der Waals surface area contributed by atoms with Gasteiger partial charge in [0, 0.05) is 32.1 Å². The van der Waals surface area contributed by atoms with Gasteiger partial charge < -0.3 is 4.90 Å². The number of hydrogen-bond donors (Lipinski definition) is 0. The van der Waals surface area contributed by atoms with Crippen LogP contribution in [0.5, 0.6) is 0 Å². The van der Waals surface area contributed by atoms with Crippen LogP contribution in [0.15, 0.2) is 48.8 Å². The topological polar surface area (TPSA) is 63.9 Å². The molecule has 134 valence electrons. The molecule has 9 heteroatoms. The Morgan fingerprint density at radius 3 is 2.46 bits per heavy atom. The molecule has 0 saturated carbocycles. The number of hydrogen-bond acceptors (Lipinski definition) is 4. The van der Waals surface area contributed by atoms with Crippen LogP contribution in [0.25, 0.3) is 17.1 Å². The van der Waals surface area contributed by atoms with Crippen molar-refractivity contribution in [3.05, 3.63) is 60.2 Å². The van der Waals surface area contributed by atoms with E-state index in [1.807, 2.05) is 0 Å². The summed E-state index contributed by atoms with van der Waals surface area (Å²) < 4.78 is 41.0. The Kier molecular flexibility index (Phi) is 4.45. The highest BCUT2D eigenvalue weighted by Crippen LogP contribution is 2.33. The van der Waals surface area contributed by atoms with Crippen LogP contribution in [0.1, 0.15) is 16.2 Å². The summed E-state index contributed by atoms with van der Waals surface area (Å²) in [5, 5.41) is 4.04. The van der Waals surface area contributed by atoms with E-state index in [1.54, 1.807) is 26.2 Å². The summed E-state index contributed by atoms with van der Waals surface area (Å²) >= 11 is 0. The fourth-order valence-electron chi connectivity index (χ4n) is 2.31.